The first-order chi connectivity index (χ1) is 14.6. The van der Waals surface area contributed by atoms with Crippen molar-refractivity contribution in [2.45, 2.75) is 31.3 Å². The van der Waals surface area contributed by atoms with Gasteiger partial charge in [-0.3, -0.25) is 14.4 Å². The van der Waals surface area contributed by atoms with E-state index in [-0.39, 0.29) is 30.3 Å². The van der Waals surface area contributed by atoms with Crippen molar-refractivity contribution in [2.75, 3.05) is 20.2 Å². The summed E-state index contributed by atoms with van der Waals surface area (Å²) < 4.78 is 5.13. The summed E-state index contributed by atoms with van der Waals surface area (Å²) in [6.07, 6.45) is 2.51. The zero-order valence-corrected chi connectivity index (χ0v) is 16.9. The van der Waals surface area contributed by atoms with E-state index in [4.69, 9.17) is 4.74 Å². The molecular formula is C23H25N3O4. The van der Waals surface area contributed by atoms with E-state index < -0.39 is 6.04 Å². The second kappa shape index (κ2) is 8.57. The first kappa shape index (κ1) is 19.9. The maximum absolute atomic E-state index is 12.9. The molecule has 1 heterocycles. The smallest absolute Gasteiger partial charge is 0.255 e. The molecule has 1 aliphatic heterocycles. The highest BCUT2D eigenvalue weighted by molar-refractivity contribution is 6.05. The van der Waals surface area contributed by atoms with Gasteiger partial charge >= 0.3 is 0 Å². The van der Waals surface area contributed by atoms with Crippen molar-refractivity contribution < 1.29 is 19.1 Å². The number of carbonyl (C=O) groups is 3. The lowest BCUT2D eigenvalue weighted by atomic mass is 10.0. The lowest BCUT2D eigenvalue weighted by Gasteiger charge is -2.24. The monoisotopic (exact) mass is 407 g/mol. The quantitative estimate of drug-likeness (QED) is 0.699. The molecule has 1 unspecified atom stereocenters. The molecule has 0 spiro atoms. The van der Waals surface area contributed by atoms with Crippen LogP contribution >= 0.6 is 0 Å². The summed E-state index contributed by atoms with van der Waals surface area (Å²) in [7, 11) is 1.62. The molecule has 2 aliphatic rings. The Kier molecular flexibility index (Phi) is 5.70. The average molecular weight is 407 g/mol. The van der Waals surface area contributed by atoms with E-state index in [1.165, 1.54) is 0 Å². The summed E-state index contributed by atoms with van der Waals surface area (Å²) in [5.74, 6) is 0.118. The van der Waals surface area contributed by atoms with Gasteiger partial charge in [0.15, 0.2) is 0 Å². The van der Waals surface area contributed by atoms with Crippen molar-refractivity contribution in [2.24, 2.45) is 0 Å². The van der Waals surface area contributed by atoms with Crippen LogP contribution in [-0.2, 0) is 16.0 Å². The minimum Gasteiger partial charge on any atom is -0.497 e. The Labute approximate surface area is 175 Å². The SMILES string of the molecule is COc1ccc(CCNC(=O)CNC(=O)C2c3ccccc3C(=O)N2C2CC2)cc1. The minimum absolute atomic E-state index is 0.0998. The largest absolute Gasteiger partial charge is 0.497 e. The highest BCUT2D eigenvalue weighted by Crippen LogP contribution is 2.41. The van der Waals surface area contributed by atoms with Crippen LogP contribution in [0.1, 0.15) is 40.4 Å². The first-order valence-electron chi connectivity index (χ1n) is 10.2. The van der Waals surface area contributed by atoms with Crippen molar-refractivity contribution in [3.8, 4) is 5.75 Å². The normalized spacial score (nSPS) is 17.4. The van der Waals surface area contributed by atoms with Crippen molar-refractivity contribution in [1.82, 2.24) is 15.5 Å². The number of fused-ring (bicyclic) bond motifs is 1. The lowest BCUT2D eigenvalue weighted by Crippen LogP contribution is -2.44. The van der Waals surface area contributed by atoms with E-state index in [1.807, 2.05) is 36.4 Å². The van der Waals surface area contributed by atoms with Crippen molar-refractivity contribution in [1.29, 1.82) is 0 Å². The van der Waals surface area contributed by atoms with Gasteiger partial charge in [-0.25, -0.2) is 0 Å². The van der Waals surface area contributed by atoms with Crippen molar-refractivity contribution in [3.63, 3.8) is 0 Å². The third kappa shape index (κ3) is 4.15. The number of amides is 3. The van der Waals surface area contributed by atoms with Gasteiger partial charge in [-0.1, -0.05) is 30.3 Å². The predicted molar refractivity (Wildman–Crippen MR) is 111 cm³/mol. The molecule has 3 amide bonds. The molecule has 156 valence electrons. The molecule has 0 aromatic heterocycles. The van der Waals surface area contributed by atoms with Crippen LogP contribution in [0, 0.1) is 0 Å². The van der Waals surface area contributed by atoms with Gasteiger partial charge in [0.25, 0.3) is 5.91 Å². The van der Waals surface area contributed by atoms with Gasteiger partial charge in [0.2, 0.25) is 11.8 Å². The van der Waals surface area contributed by atoms with Crippen molar-refractivity contribution >= 4 is 17.7 Å². The van der Waals surface area contributed by atoms with Gasteiger partial charge in [-0.2, -0.15) is 0 Å². The molecular weight excluding hydrogens is 382 g/mol. The molecule has 7 nitrogen and oxygen atoms in total. The maximum atomic E-state index is 12.9. The van der Waals surface area contributed by atoms with Gasteiger partial charge in [-0.05, 0) is 48.6 Å². The first-order valence-corrected chi connectivity index (χ1v) is 10.2. The number of methoxy groups -OCH3 is 1. The molecule has 0 saturated heterocycles. The highest BCUT2D eigenvalue weighted by atomic mass is 16.5. The summed E-state index contributed by atoms with van der Waals surface area (Å²) in [6.45, 7) is 0.354. The molecule has 1 fully saturated rings. The Morgan fingerprint density at radius 3 is 2.50 bits per heavy atom. The van der Waals surface area contributed by atoms with E-state index in [9.17, 15) is 14.4 Å². The average Bonchev–Trinajstić information content (AvgIpc) is 3.56. The maximum Gasteiger partial charge on any atom is 0.255 e. The highest BCUT2D eigenvalue weighted by Gasteiger charge is 2.47. The standard InChI is InChI=1S/C23H25N3O4/c1-30-17-10-6-15(7-11-17)12-13-24-20(27)14-25-22(28)21-18-4-2-3-5-19(18)23(29)26(21)16-8-9-16/h2-7,10-11,16,21H,8-9,12-14H2,1H3,(H,24,27)(H,25,28). The van der Waals surface area contributed by atoms with E-state index in [2.05, 4.69) is 10.6 Å². The van der Waals surface area contributed by atoms with Gasteiger partial charge in [0.05, 0.1) is 13.7 Å². The summed E-state index contributed by atoms with van der Waals surface area (Å²) in [5.41, 5.74) is 2.38. The van der Waals surface area contributed by atoms with E-state index in [1.54, 1.807) is 24.1 Å². The van der Waals surface area contributed by atoms with Gasteiger partial charge in [0, 0.05) is 18.2 Å². The molecule has 4 rings (SSSR count). The molecule has 2 aromatic carbocycles. The molecule has 30 heavy (non-hydrogen) atoms. The Hall–Kier alpha value is -3.35. The molecule has 1 atom stereocenters. The number of benzene rings is 2. The lowest BCUT2D eigenvalue weighted by molar-refractivity contribution is -0.129. The van der Waals surface area contributed by atoms with Crippen LogP contribution < -0.4 is 15.4 Å². The minimum atomic E-state index is -0.659. The van der Waals surface area contributed by atoms with Gasteiger partial charge in [-0.15, -0.1) is 0 Å². The van der Waals surface area contributed by atoms with Crippen LogP contribution in [-0.4, -0.2) is 48.9 Å². The Balaban J connectivity index is 1.29. The van der Waals surface area contributed by atoms with Crippen molar-refractivity contribution in [3.05, 3.63) is 65.2 Å². The zero-order valence-electron chi connectivity index (χ0n) is 16.9. The summed E-state index contributed by atoms with van der Waals surface area (Å²) in [4.78, 5) is 39.4. The molecule has 0 radical (unpaired) electrons. The molecule has 7 heteroatoms. The Bertz CT molecular complexity index is 953. The van der Waals surface area contributed by atoms with Crippen LogP contribution in [0.5, 0.6) is 5.75 Å². The van der Waals surface area contributed by atoms with E-state index in [0.717, 1.165) is 24.2 Å². The molecule has 2 aromatic rings. The number of carbonyl (C=O) groups excluding carboxylic acids is 3. The zero-order chi connectivity index (χ0) is 21.1. The molecule has 1 saturated carbocycles. The molecule has 0 bridgehead atoms. The number of ether oxygens (including phenoxy) is 1. The summed E-state index contributed by atoms with van der Waals surface area (Å²) in [6, 6.07) is 14.3. The molecule has 1 aliphatic carbocycles. The summed E-state index contributed by atoms with van der Waals surface area (Å²) in [5, 5.41) is 5.52. The number of nitrogens with zero attached hydrogens (tertiary/aromatic N) is 1. The predicted octanol–water partition coefficient (Wildman–Crippen LogP) is 1.83. The van der Waals surface area contributed by atoms with Crippen LogP contribution in [0.2, 0.25) is 0 Å². The number of rotatable bonds is 8. The number of hydrogen-bond acceptors (Lipinski definition) is 4. The third-order valence-corrected chi connectivity index (χ3v) is 5.51. The van der Waals surface area contributed by atoms with E-state index >= 15 is 0 Å². The fourth-order valence-corrected chi connectivity index (χ4v) is 3.80. The summed E-state index contributed by atoms with van der Waals surface area (Å²) >= 11 is 0. The van der Waals surface area contributed by atoms with Crippen LogP contribution in [0.15, 0.2) is 48.5 Å². The fraction of sp³-hybridized carbons (Fsp3) is 0.348. The van der Waals surface area contributed by atoms with E-state index in [0.29, 0.717) is 24.1 Å². The van der Waals surface area contributed by atoms with Gasteiger partial charge < -0.3 is 20.3 Å². The third-order valence-electron chi connectivity index (χ3n) is 5.51. The molecule has 2 N–H and O–H groups in total. The topological polar surface area (TPSA) is 87.7 Å². The number of hydrogen-bond donors (Lipinski definition) is 2. The fourth-order valence-electron chi connectivity index (χ4n) is 3.80. The second-order valence-electron chi connectivity index (χ2n) is 7.60. The Morgan fingerprint density at radius 1 is 1.07 bits per heavy atom. The van der Waals surface area contributed by atoms with Gasteiger partial charge in [0.1, 0.15) is 11.8 Å². The Morgan fingerprint density at radius 2 is 1.80 bits per heavy atom. The van der Waals surface area contributed by atoms with Crippen LogP contribution in [0.25, 0.3) is 0 Å². The number of nitrogens with one attached hydrogen (secondary N) is 2. The van der Waals surface area contributed by atoms with Crippen LogP contribution in [0.3, 0.4) is 0 Å². The van der Waals surface area contributed by atoms with Crippen LogP contribution in [0.4, 0.5) is 0 Å². The second-order valence-corrected chi connectivity index (χ2v) is 7.60.